The molecule has 1 saturated heterocycles. The zero-order valence-corrected chi connectivity index (χ0v) is 22.7. The van der Waals surface area contributed by atoms with Gasteiger partial charge in [-0.15, -0.1) is 0 Å². The third-order valence-corrected chi connectivity index (χ3v) is 9.10. The molecule has 2 amide bonds. The zero-order chi connectivity index (χ0) is 28.6. The molecular weight excluding hydrogens is 535 g/mol. The van der Waals surface area contributed by atoms with Crippen LogP contribution in [0.1, 0.15) is 67.9 Å². The molecule has 2 N–H and O–H groups in total. The van der Waals surface area contributed by atoms with Crippen LogP contribution in [-0.4, -0.2) is 39.3 Å². The van der Waals surface area contributed by atoms with Crippen LogP contribution >= 0.6 is 0 Å². The summed E-state index contributed by atoms with van der Waals surface area (Å²) in [5.74, 6) is -2.57. The van der Waals surface area contributed by atoms with Crippen molar-refractivity contribution >= 4 is 17.6 Å². The zero-order valence-electron chi connectivity index (χ0n) is 22.7. The van der Waals surface area contributed by atoms with Gasteiger partial charge in [0.05, 0.1) is 29.5 Å². The first-order valence-corrected chi connectivity index (χ1v) is 14.3. The minimum absolute atomic E-state index is 0.0973. The van der Waals surface area contributed by atoms with Crippen molar-refractivity contribution < 1.29 is 27.5 Å². The van der Waals surface area contributed by atoms with Crippen LogP contribution in [0, 0.1) is 23.2 Å². The summed E-state index contributed by atoms with van der Waals surface area (Å²) < 4.78 is 46.9. The third kappa shape index (κ3) is 6.33. The van der Waals surface area contributed by atoms with Gasteiger partial charge in [0.1, 0.15) is 6.61 Å². The Bertz CT molecular complexity index is 1400. The van der Waals surface area contributed by atoms with Gasteiger partial charge in [0.15, 0.2) is 5.65 Å². The Balaban J connectivity index is 1.19. The van der Waals surface area contributed by atoms with Gasteiger partial charge in [0.25, 0.3) is 0 Å². The number of carbonyl (C=O) groups excluding carboxylic acids is 2. The summed E-state index contributed by atoms with van der Waals surface area (Å²) in [5.41, 5.74) is 3.11. The predicted octanol–water partition coefficient (Wildman–Crippen LogP) is 5.52. The quantitative estimate of drug-likeness (QED) is 0.390. The SMILES string of the molecule is O=C(NC(c1cn2nc(CC3C[C@@H](C(F)(F)F)CNC3=O)ccc2n1)C1CCC2(CC1)CC2)OCc1ccccc1. The molecule has 3 atom stereocenters. The molecule has 11 heteroatoms. The van der Waals surface area contributed by atoms with Crippen LogP contribution in [0.2, 0.25) is 0 Å². The van der Waals surface area contributed by atoms with Crippen LogP contribution in [0.4, 0.5) is 18.0 Å². The number of nitrogens with zero attached hydrogens (tertiary/aromatic N) is 3. The molecule has 0 radical (unpaired) electrons. The Morgan fingerprint density at radius 2 is 1.88 bits per heavy atom. The number of imidazole rings is 1. The fraction of sp³-hybridized carbons (Fsp3) is 0.533. The number of fused-ring (bicyclic) bond motifs is 1. The summed E-state index contributed by atoms with van der Waals surface area (Å²) in [5, 5.41) is 10.0. The third-order valence-electron chi connectivity index (χ3n) is 9.10. The fourth-order valence-electron chi connectivity index (χ4n) is 6.37. The summed E-state index contributed by atoms with van der Waals surface area (Å²) in [4.78, 5) is 30.0. The van der Waals surface area contributed by atoms with Crippen LogP contribution in [0.5, 0.6) is 0 Å². The van der Waals surface area contributed by atoms with E-state index in [0.717, 1.165) is 31.2 Å². The van der Waals surface area contributed by atoms with Crippen molar-refractivity contribution in [3.8, 4) is 0 Å². The van der Waals surface area contributed by atoms with Gasteiger partial charge in [-0.2, -0.15) is 18.3 Å². The smallest absolute Gasteiger partial charge is 0.408 e. The second-order valence-electron chi connectivity index (χ2n) is 11.9. The number of hydrogen-bond acceptors (Lipinski definition) is 5. The average Bonchev–Trinajstić information content (AvgIpc) is 3.57. The molecule has 2 aromatic heterocycles. The first kappa shape index (κ1) is 27.5. The number of nitrogens with one attached hydrogen (secondary N) is 2. The maximum atomic E-state index is 13.3. The molecule has 8 nitrogen and oxygen atoms in total. The minimum Gasteiger partial charge on any atom is -0.445 e. The lowest BCUT2D eigenvalue weighted by atomic mass is 9.76. The van der Waals surface area contributed by atoms with Crippen LogP contribution < -0.4 is 10.6 Å². The second kappa shape index (κ2) is 11.0. The standard InChI is InChI=1S/C30H34F3N5O3/c31-30(32,33)22-14-21(27(39)34-16-22)15-23-6-7-25-35-24(17-38(25)37-23)26(20-8-10-29(11-9-20)12-13-29)36-28(40)41-18-19-4-2-1-3-5-19/h1-7,17,20-22,26H,8-16,18H2,(H,34,39)(H,36,40)/t21?,22-,26?/m1/s1. The molecule has 1 aliphatic heterocycles. The molecule has 3 heterocycles. The Labute approximate surface area is 236 Å². The van der Waals surface area contributed by atoms with Crippen molar-refractivity contribution in [2.75, 3.05) is 6.54 Å². The maximum Gasteiger partial charge on any atom is 0.408 e. The first-order chi connectivity index (χ1) is 19.7. The van der Waals surface area contributed by atoms with E-state index in [1.165, 1.54) is 12.8 Å². The van der Waals surface area contributed by atoms with Gasteiger partial charge in [-0.25, -0.2) is 14.3 Å². The second-order valence-corrected chi connectivity index (χ2v) is 11.9. The highest BCUT2D eigenvalue weighted by molar-refractivity contribution is 5.79. The Morgan fingerprint density at radius 1 is 1.12 bits per heavy atom. The number of piperidine rings is 1. The van der Waals surface area contributed by atoms with Gasteiger partial charge >= 0.3 is 12.3 Å². The number of carbonyl (C=O) groups is 2. The number of alkyl carbamates (subject to hydrolysis) is 1. The maximum absolute atomic E-state index is 13.3. The van der Waals surface area contributed by atoms with E-state index in [0.29, 0.717) is 22.5 Å². The molecule has 2 aliphatic carbocycles. The van der Waals surface area contributed by atoms with Gasteiger partial charge in [0, 0.05) is 18.9 Å². The van der Waals surface area contributed by atoms with E-state index in [-0.39, 0.29) is 43.9 Å². The highest BCUT2D eigenvalue weighted by Crippen LogP contribution is 2.58. The van der Waals surface area contributed by atoms with E-state index in [1.54, 1.807) is 22.8 Å². The van der Waals surface area contributed by atoms with Crippen LogP contribution in [-0.2, 0) is 22.6 Å². The van der Waals surface area contributed by atoms with Crippen molar-refractivity contribution in [3.63, 3.8) is 0 Å². The molecule has 218 valence electrons. The number of alkyl halides is 3. The number of rotatable bonds is 7. The number of ether oxygens (including phenoxy) is 1. The van der Waals surface area contributed by atoms with Gasteiger partial charge < -0.3 is 15.4 Å². The Kier molecular flexibility index (Phi) is 7.37. The molecule has 2 unspecified atom stereocenters. The number of hydrogen-bond donors (Lipinski definition) is 2. The number of benzene rings is 1. The molecule has 3 aromatic rings. The summed E-state index contributed by atoms with van der Waals surface area (Å²) >= 11 is 0. The van der Waals surface area contributed by atoms with E-state index >= 15 is 0 Å². The van der Waals surface area contributed by atoms with Crippen molar-refractivity contribution in [1.29, 1.82) is 0 Å². The molecule has 3 aliphatic rings. The molecule has 41 heavy (non-hydrogen) atoms. The fourth-order valence-corrected chi connectivity index (χ4v) is 6.37. The monoisotopic (exact) mass is 569 g/mol. The minimum atomic E-state index is -4.36. The van der Waals surface area contributed by atoms with Gasteiger partial charge in [-0.3, -0.25) is 4.79 Å². The molecule has 6 rings (SSSR count). The van der Waals surface area contributed by atoms with E-state index in [2.05, 4.69) is 15.7 Å². The lowest BCUT2D eigenvalue weighted by Gasteiger charge is -2.33. The van der Waals surface area contributed by atoms with Gasteiger partial charge in [-0.1, -0.05) is 30.3 Å². The topological polar surface area (TPSA) is 97.6 Å². The number of halogens is 3. The molecule has 1 spiro atoms. The highest BCUT2D eigenvalue weighted by atomic mass is 19.4. The largest absolute Gasteiger partial charge is 0.445 e. The summed E-state index contributed by atoms with van der Waals surface area (Å²) in [6.07, 6.45) is 3.51. The van der Waals surface area contributed by atoms with Crippen LogP contribution in [0.15, 0.2) is 48.7 Å². The number of amides is 2. The lowest BCUT2D eigenvalue weighted by Crippen LogP contribution is -2.47. The normalized spacial score (nSPS) is 23.2. The molecule has 1 aromatic carbocycles. The molecule has 3 fully saturated rings. The van der Waals surface area contributed by atoms with Crippen molar-refractivity contribution in [2.24, 2.45) is 23.2 Å². The Morgan fingerprint density at radius 3 is 2.59 bits per heavy atom. The van der Waals surface area contributed by atoms with Crippen molar-refractivity contribution in [3.05, 3.63) is 65.6 Å². The van der Waals surface area contributed by atoms with E-state index in [9.17, 15) is 22.8 Å². The van der Waals surface area contributed by atoms with E-state index in [1.807, 2.05) is 30.3 Å². The summed E-state index contributed by atoms with van der Waals surface area (Å²) in [6.45, 7) is -0.228. The van der Waals surface area contributed by atoms with Gasteiger partial charge in [0.2, 0.25) is 5.91 Å². The Hall–Kier alpha value is -3.63. The molecule has 2 saturated carbocycles. The highest BCUT2D eigenvalue weighted by Gasteiger charge is 2.47. The van der Waals surface area contributed by atoms with Crippen molar-refractivity contribution in [1.82, 2.24) is 25.2 Å². The van der Waals surface area contributed by atoms with Crippen LogP contribution in [0.25, 0.3) is 5.65 Å². The van der Waals surface area contributed by atoms with Crippen LogP contribution in [0.3, 0.4) is 0 Å². The van der Waals surface area contributed by atoms with Gasteiger partial charge in [-0.05, 0) is 74.0 Å². The molecular formula is C30H34F3N5O3. The average molecular weight is 570 g/mol. The van der Waals surface area contributed by atoms with E-state index < -0.39 is 24.1 Å². The summed E-state index contributed by atoms with van der Waals surface area (Å²) in [6, 6.07) is 12.6. The van der Waals surface area contributed by atoms with Crippen molar-refractivity contribution in [2.45, 2.75) is 70.2 Å². The number of aromatic nitrogens is 3. The van der Waals surface area contributed by atoms with E-state index in [4.69, 9.17) is 9.72 Å². The molecule has 0 bridgehead atoms. The lowest BCUT2D eigenvalue weighted by molar-refractivity contribution is -0.183. The summed E-state index contributed by atoms with van der Waals surface area (Å²) in [7, 11) is 0. The first-order valence-electron chi connectivity index (χ1n) is 14.3. The predicted molar refractivity (Wildman–Crippen MR) is 143 cm³/mol.